The molecule has 1 aromatic heterocycles. The minimum atomic E-state index is -0.409. The van der Waals surface area contributed by atoms with E-state index in [0.29, 0.717) is 10.9 Å². The van der Waals surface area contributed by atoms with Crippen LogP contribution in [0.3, 0.4) is 0 Å². The predicted molar refractivity (Wildman–Crippen MR) is 91.6 cm³/mol. The third-order valence-electron chi connectivity index (χ3n) is 3.88. The number of nitrogens with one attached hydrogen (secondary N) is 1. The maximum Gasteiger partial charge on any atom is 0.278 e. The second-order valence-electron chi connectivity index (χ2n) is 5.41. The van der Waals surface area contributed by atoms with E-state index in [1.165, 1.54) is 12.3 Å². The van der Waals surface area contributed by atoms with Crippen molar-refractivity contribution in [1.29, 1.82) is 5.26 Å². The second-order valence-corrected chi connectivity index (χ2v) is 5.41. The first-order valence-corrected chi connectivity index (χ1v) is 7.38. The normalized spacial score (nSPS) is 11.7. The van der Waals surface area contributed by atoms with Crippen LogP contribution in [0.4, 0.5) is 11.4 Å². The number of non-ortho nitro benzene ring substituents is 1. The summed E-state index contributed by atoms with van der Waals surface area (Å²) < 4.78 is 0. The van der Waals surface area contributed by atoms with Gasteiger partial charge in [0.25, 0.3) is 5.69 Å². The summed E-state index contributed by atoms with van der Waals surface area (Å²) in [6, 6.07) is 14.3. The number of rotatable bonds is 4. The lowest BCUT2D eigenvalue weighted by molar-refractivity contribution is -0.383. The fourth-order valence-electron chi connectivity index (χ4n) is 2.65. The molecule has 0 saturated heterocycles. The zero-order valence-corrected chi connectivity index (χ0v) is 12.9. The summed E-state index contributed by atoms with van der Waals surface area (Å²) in [6.45, 7) is 1.98. The van der Waals surface area contributed by atoms with E-state index in [1.54, 1.807) is 24.4 Å². The Morgan fingerprint density at radius 2 is 2.08 bits per heavy atom. The Hall–Kier alpha value is -3.46. The highest BCUT2D eigenvalue weighted by Gasteiger charge is 2.15. The number of hydrogen-bond donors (Lipinski definition) is 1. The number of fused-ring (bicyclic) bond motifs is 1. The zero-order valence-electron chi connectivity index (χ0n) is 12.9. The highest BCUT2D eigenvalue weighted by Crippen LogP contribution is 2.32. The summed E-state index contributed by atoms with van der Waals surface area (Å²) in [6.07, 6.45) is 3.11. The molecule has 0 aliphatic carbocycles. The number of hydrogen-bond acceptors (Lipinski definition) is 5. The lowest BCUT2D eigenvalue weighted by Gasteiger charge is -2.17. The van der Waals surface area contributed by atoms with Crippen molar-refractivity contribution in [2.45, 2.75) is 13.0 Å². The molecule has 0 saturated carbocycles. The number of nitrogens with zero attached hydrogens (tertiary/aromatic N) is 3. The number of pyridine rings is 1. The molecule has 6 nitrogen and oxygen atoms in total. The first kappa shape index (κ1) is 15.4. The highest BCUT2D eigenvalue weighted by atomic mass is 16.6. The van der Waals surface area contributed by atoms with Gasteiger partial charge in [0.1, 0.15) is 0 Å². The zero-order chi connectivity index (χ0) is 17.1. The molecule has 0 amide bonds. The van der Waals surface area contributed by atoms with Crippen molar-refractivity contribution in [2.75, 3.05) is 5.32 Å². The number of nitro benzene ring substituents is 1. The highest BCUT2D eigenvalue weighted by molar-refractivity contribution is 5.99. The minimum absolute atomic E-state index is 0.0304. The Balaban J connectivity index is 2.00. The fourth-order valence-corrected chi connectivity index (χ4v) is 2.65. The summed E-state index contributed by atoms with van der Waals surface area (Å²) >= 11 is 0. The number of anilines is 1. The molecular weight excluding hydrogens is 304 g/mol. The average Bonchev–Trinajstić information content (AvgIpc) is 2.61. The van der Waals surface area contributed by atoms with E-state index in [0.717, 1.165) is 16.6 Å². The van der Waals surface area contributed by atoms with Crippen molar-refractivity contribution in [3.8, 4) is 6.07 Å². The van der Waals surface area contributed by atoms with Crippen molar-refractivity contribution in [1.82, 2.24) is 4.98 Å². The van der Waals surface area contributed by atoms with Gasteiger partial charge in [-0.25, -0.2) is 0 Å². The van der Waals surface area contributed by atoms with E-state index in [9.17, 15) is 10.1 Å². The van der Waals surface area contributed by atoms with Gasteiger partial charge in [0, 0.05) is 35.6 Å². The molecule has 6 heteroatoms. The molecule has 0 aliphatic rings. The standard InChI is InChI=1S/C18H14N4O2/c1-12(14-4-2-3-13(9-14)10-19)21-17-5-6-18(22(23)24)16-11-20-8-7-15(16)17/h2-9,11-12,21H,1H3. The van der Waals surface area contributed by atoms with E-state index in [4.69, 9.17) is 5.26 Å². The van der Waals surface area contributed by atoms with Crippen LogP contribution in [-0.2, 0) is 0 Å². The molecule has 24 heavy (non-hydrogen) atoms. The quantitative estimate of drug-likeness (QED) is 0.575. The number of nitro groups is 1. The van der Waals surface area contributed by atoms with Gasteiger partial charge in [0.05, 0.1) is 21.9 Å². The Morgan fingerprint density at radius 1 is 1.25 bits per heavy atom. The predicted octanol–water partition coefficient (Wildman–Crippen LogP) is 4.19. The summed E-state index contributed by atoms with van der Waals surface area (Å²) in [7, 11) is 0. The first-order valence-electron chi connectivity index (χ1n) is 7.38. The van der Waals surface area contributed by atoms with Gasteiger partial charge in [-0.3, -0.25) is 15.1 Å². The van der Waals surface area contributed by atoms with Gasteiger partial charge in [-0.2, -0.15) is 5.26 Å². The van der Waals surface area contributed by atoms with Gasteiger partial charge in [0.2, 0.25) is 0 Å². The van der Waals surface area contributed by atoms with Crippen molar-refractivity contribution >= 4 is 22.1 Å². The molecule has 0 bridgehead atoms. The summed E-state index contributed by atoms with van der Waals surface area (Å²) in [5.74, 6) is 0. The molecule has 0 spiro atoms. The molecule has 1 N–H and O–H groups in total. The SMILES string of the molecule is CC(Nc1ccc([N+](=O)[O-])c2cnccc12)c1cccc(C#N)c1. The van der Waals surface area contributed by atoms with Crippen molar-refractivity contribution in [3.05, 3.63) is 76.1 Å². The Labute approximate surface area is 138 Å². The Kier molecular flexibility index (Phi) is 4.08. The summed E-state index contributed by atoms with van der Waals surface area (Å²) in [4.78, 5) is 14.7. The number of aromatic nitrogens is 1. The van der Waals surface area contributed by atoms with Crippen LogP contribution in [0.5, 0.6) is 0 Å². The molecular formula is C18H14N4O2. The monoisotopic (exact) mass is 318 g/mol. The minimum Gasteiger partial charge on any atom is -0.378 e. The molecule has 1 unspecified atom stereocenters. The Morgan fingerprint density at radius 3 is 2.83 bits per heavy atom. The van der Waals surface area contributed by atoms with Crippen LogP contribution < -0.4 is 5.32 Å². The van der Waals surface area contributed by atoms with Crippen LogP contribution in [-0.4, -0.2) is 9.91 Å². The van der Waals surface area contributed by atoms with E-state index in [1.807, 2.05) is 25.1 Å². The molecule has 3 aromatic rings. The van der Waals surface area contributed by atoms with Gasteiger partial charge in [-0.15, -0.1) is 0 Å². The maximum absolute atomic E-state index is 11.2. The van der Waals surface area contributed by atoms with Gasteiger partial charge < -0.3 is 5.32 Å². The van der Waals surface area contributed by atoms with Gasteiger partial charge >= 0.3 is 0 Å². The number of benzene rings is 2. The molecule has 118 valence electrons. The molecule has 1 heterocycles. The third kappa shape index (κ3) is 2.88. The van der Waals surface area contributed by atoms with Crippen LogP contribution in [0.15, 0.2) is 54.9 Å². The van der Waals surface area contributed by atoms with Gasteiger partial charge in [-0.1, -0.05) is 12.1 Å². The van der Waals surface area contributed by atoms with E-state index >= 15 is 0 Å². The molecule has 0 aliphatic heterocycles. The fraction of sp³-hybridized carbons (Fsp3) is 0.111. The average molecular weight is 318 g/mol. The van der Waals surface area contributed by atoms with Crippen LogP contribution in [0.2, 0.25) is 0 Å². The topological polar surface area (TPSA) is 91.8 Å². The van der Waals surface area contributed by atoms with E-state index < -0.39 is 4.92 Å². The van der Waals surface area contributed by atoms with Crippen LogP contribution in [0.25, 0.3) is 10.8 Å². The summed E-state index contributed by atoms with van der Waals surface area (Å²) in [5, 5.41) is 24.8. The van der Waals surface area contributed by atoms with Gasteiger partial charge in [-0.05, 0) is 36.8 Å². The van der Waals surface area contributed by atoms with E-state index in [-0.39, 0.29) is 11.7 Å². The van der Waals surface area contributed by atoms with Crippen molar-refractivity contribution in [3.63, 3.8) is 0 Å². The molecule has 0 radical (unpaired) electrons. The second kappa shape index (κ2) is 6.34. The van der Waals surface area contributed by atoms with Crippen LogP contribution in [0, 0.1) is 21.4 Å². The van der Waals surface area contributed by atoms with Crippen molar-refractivity contribution < 1.29 is 4.92 Å². The van der Waals surface area contributed by atoms with Crippen molar-refractivity contribution in [2.24, 2.45) is 0 Å². The lowest BCUT2D eigenvalue weighted by atomic mass is 10.0. The van der Waals surface area contributed by atoms with Crippen LogP contribution >= 0.6 is 0 Å². The molecule has 2 aromatic carbocycles. The largest absolute Gasteiger partial charge is 0.378 e. The third-order valence-corrected chi connectivity index (χ3v) is 3.88. The van der Waals surface area contributed by atoms with E-state index in [2.05, 4.69) is 16.4 Å². The van der Waals surface area contributed by atoms with Crippen LogP contribution in [0.1, 0.15) is 24.1 Å². The smallest absolute Gasteiger partial charge is 0.278 e. The lowest BCUT2D eigenvalue weighted by Crippen LogP contribution is -2.07. The molecule has 0 fully saturated rings. The van der Waals surface area contributed by atoms with Gasteiger partial charge in [0.15, 0.2) is 0 Å². The Bertz CT molecular complexity index is 963. The summed E-state index contributed by atoms with van der Waals surface area (Å²) in [5.41, 5.74) is 2.38. The maximum atomic E-state index is 11.2. The molecule has 1 atom stereocenters. The molecule has 3 rings (SSSR count). The first-order chi connectivity index (χ1) is 11.6. The number of nitriles is 1.